The van der Waals surface area contributed by atoms with Crippen LogP contribution in [0.1, 0.15) is 38.2 Å². The summed E-state index contributed by atoms with van der Waals surface area (Å²) in [5, 5.41) is 4.52. The first-order valence-corrected chi connectivity index (χ1v) is 7.58. The van der Waals surface area contributed by atoms with E-state index in [2.05, 4.69) is 24.4 Å². The van der Waals surface area contributed by atoms with E-state index in [1.807, 2.05) is 12.1 Å². The van der Waals surface area contributed by atoms with Crippen LogP contribution in [0.4, 0.5) is 0 Å². The van der Waals surface area contributed by atoms with Crippen LogP contribution < -0.4 is 5.32 Å². The molecule has 4 unspecified atom stereocenters. The van der Waals surface area contributed by atoms with Gasteiger partial charge in [-0.15, -0.1) is 0 Å². The van der Waals surface area contributed by atoms with Crippen LogP contribution in [0.15, 0.2) is 24.3 Å². The molecule has 1 nitrogen and oxygen atoms in total. The van der Waals surface area contributed by atoms with Gasteiger partial charge in [0, 0.05) is 17.6 Å². The second-order valence-electron chi connectivity index (χ2n) is 6.13. The van der Waals surface area contributed by atoms with E-state index in [4.69, 9.17) is 11.6 Å². The Bertz CT molecular complexity index is 400. The topological polar surface area (TPSA) is 12.0 Å². The largest absolute Gasteiger partial charge is 0.310 e. The van der Waals surface area contributed by atoms with Crippen molar-refractivity contribution in [1.29, 1.82) is 0 Å². The van der Waals surface area contributed by atoms with Gasteiger partial charge in [0.15, 0.2) is 0 Å². The van der Waals surface area contributed by atoms with E-state index in [0.717, 1.165) is 29.3 Å². The number of fused-ring (bicyclic) bond motifs is 2. The highest BCUT2D eigenvalue weighted by atomic mass is 35.5. The van der Waals surface area contributed by atoms with Crippen molar-refractivity contribution in [3.63, 3.8) is 0 Å². The van der Waals surface area contributed by atoms with Gasteiger partial charge in [-0.1, -0.05) is 30.2 Å². The molecule has 0 amide bonds. The van der Waals surface area contributed by atoms with Gasteiger partial charge < -0.3 is 5.32 Å². The maximum absolute atomic E-state index is 5.90. The highest BCUT2D eigenvalue weighted by Gasteiger charge is 2.41. The maximum Gasteiger partial charge on any atom is 0.0406 e. The fourth-order valence-corrected chi connectivity index (χ4v) is 4.06. The molecule has 0 radical (unpaired) electrons. The Hall–Kier alpha value is -0.530. The molecule has 1 N–H and O–H groups in total. The van der Waals surface area contributed by atoms with E-state index < -0.39 is 0 Å². The number of halogens is 1. The third kappa shape index (κ3) is 2.57. The molecule has 18 heavy (non-hydrogen) atoms. The minimum absolute atomic E-state index is 0.649. The predicted molar refractivity (Wildman–Crippen MR) is 76.7 cm³/mol. The van der Waals surface area contributed by atoms with Gasteiger partial charge in [0.25, 0.3) is 0 Å². The van der Waals surface area contributed by atoms with Crippen molar-refractivity contribution in [3.05, 3.63) is 34.9 Å². The molecule has 1 aromatic rings. The van der Waals surface area contributed by atoms with Crippen molar-refractivity contribution < 1.29 is 0 Å². The molecule has 2 heteroatoms. The van der Waals surface area contributed by atoms with Gasteiger partial charge in [-0.05, 0) is 61.6 Å². The number of hydrogen-bond acceptors (Lipinski definition) is 1. The summed E-state index contributed by atoms with van der Waals surface area (Å²) in [5.41, 5.74) is 1.33. The van der Waals surface area contributed by atoms with E-state index in [9.17, 15) is 0 Å². The first kappa shape index (κ1) is 12.5. The molecule has 2 saturated carbocycles. The number of rotatable bonds is 4. The summed E-state index contributed by atoms with van der Waals surface area (Å²) in [4.78, 5) is 0. The molecule has 0 heterocycles. The van der Waals surface area contributed by atoms with Crippen molar-refractivity contribution in [3.8, 4) is 0 Å². The number of nitrogens with one attached hydrogen (secondary N) is 1. The van der Waals surface area contributed by atoms with Crippen molar-refractivity contribution in [2.24, 2.45) is 17.8 Å². The smallest absolute Gasteiger partial charge is 0.0406 e. The van der Waals surface area contributed by atoms with Gasteiger partial charge in [0.1, 0.15) is 0 Å². The first-order valence-electron chi connectivity index (χ1n) is 7.20. The summed E-state index contributed by atoms with van der Waals surface area (Å²) >= 11 is 5.90. The summed E-state index contributed by atoms with van der Waals surface area (Å²) in [7, 11) is 0. The Morgan fingerprint density at radius 2 is 2.00 bits per heavy atom. The van der Waals surface area contributed by atoms with Crippen molar-refractivity contribution in [2.45, 2.75) is 45.2 Å². The summed E-state index contributed by atoms with van der Waals surface area (Å²) in [6.45, 7) is 3.33. The first-order chi connectivity index (χ1) is 8.72. The standard InChI is InChI=1S/C16H22ClN/c1-11(16-9-13-2-5-14(16)8-13)18-10-12-3-6-15(17)7-4-12/h3-4,6-7,11,13-14,16,18H,2,5,8-10H2,1H3. The second kappa shape index (κ2) is 5.22. The normalized spacial score (nSPS) is 31.8. The Balaban J connectivity index is 1.52. The van der Waals surface area contributed by atoms with Gasteiger partial charge in [0.2, 0.25) is 0 Å². The Labute approximate surface area is 115 Å². The predicted octanol–water partition coefficient (Wildman–Crippen LogP) is 4.25. The maximum atomic E-state index is 5.90. The zero-order valence-electron chi connectivity index (χ0n) is 11.0. The molecular formula is C16H22ClN. The average Bonchev–Trinajstić information content (AvgIpc) is 3.00. The lowest BCUT2D eigenvalue weighted by molar-refractivity contribution is 0.259. The van der Waals surface area contributed by atoms with E-state index in [1.165, 1.54) is 31.2 Å². The van der Waals surface area contributed by atoms with Crippen LogP contribution in [0, 0.1) is 17.8 Å². The van der Waals surface area contributed by atoms with Crippen LogP contribution in [0.25, 0.3) is 0 Å². The van der Waals surface area contributed by atoms with E-state index in [1.54, 1.807) is 0 Å². The van der Waals surface area contributed by atoms with Crippen LogP contribution in [-0.4, -0.2) is 6.04 Å². The SMILES string of the molecule is CC(NCc1ccc(Cl)cc1)C1CC2CCC1C2. The van der Waals surface area contributed by atoms with Crippen LogP contribution in [0.5, 0.6) is 0 Å². The van der Waals surface area contributed by atoms with E-state index >= 15 is 0 Å². The van der Waals surface area contributed by atoms with Gasteiger partial charge in [-0.3, -0.25) is 0 Å². The summed E-state index contributed by atoms with van der Waals surface area (Å²) < 4.78 is 0. The lowest BCUT2D eigenvalue weighted by Gasteiger charge is -2.28. The minimum Gasteiger partial charge on any atom is -0.310 e. The molecule has 98 valence electrons. The van der Waals surface area contributed by atoms with Crippen molar-refractivity contribution >= 4 is 11.6 Å². The van der Waals surface area contributed by atoms with Crippen LogP contribution >= 0.6 is 11.6 Å². The van der Waals surface area contributed by atoms with Gasteiger partial charge in [0.05, 0.1) is 0 Å². The zero-order valence-corrected chi connectivity index (χ0v) is 11.8. The molecular weight excluding hydrogens is 242 g/mol. The monoisotopic (exact) mass is 263 g/mol. The molecule has 0 spiro atoms. The van der Waals surface area contributed by atoms with Gasteiger partial charge in [-0.25, -0.2) is 0 Å². The quantitative estimate of drug-likeness (QED) is 0.856. The Morgan fingerprint density at radius 3 is 2.61 bits per heavy atom. The molecule has 2 aliphatic carbocycles. The number of hydrogen-bond donors (Lipinski definition) is 1. The average molecular weight is 264 g/mol. The Kier molecular flexibility index (Phi) is 3.63. The minimum atomic E-state index is 0.649. The van der Waals surface area contributed by atoms with E-state index in [0.29, 0.717) is 6.04 Å². The molecule has 0 aromatic heterocycles. The molecule has 2 fully saturated rings. The van der Waals surface area contributed by atoms with Gasteiger partial charge >= 0.3 is 0 Å². The van der Waals surface area contributed by atoms with Crippen LogP contribution in [0.3, 0.4) is 0 Å². The fraction of sp³-hybridized carbons (Fsp3) is 0.625. The van der Waals surface area contributed by atoms with Crippen molar-refractivity contribution in [1.82, 2.24) is 5.32 Å². The molecule has 3 rings (SSSR count). The highest BCUT2D eigenvalue weighted by Crippen LogP contribution is 2.49. The van der Waals surface area contributed by atoms with Crippen LogP contribution in [-0.2, 0) is 6.54 Å². The third-order valence-electron chi connectivity index (χ3n) is 4.98. The summed E-state index contributed by atoms with van der Waals surface area (Å²) in [6, 6.07) is 8.82. The molecule has 1 aromatic carbocycles. The molecule has 2 bridgehead atoms. The lowest BCUT2D eigenvalue weighted by Crippen LogP contribution is -2.35. The lowest BCUT2D eigenvalue weighted by atomic mass is 9.84. The zero-order chi connectivity index (χ0) is 12.5. The Morgan fingerprint density at radius 1 is 1.22 bits per heavy atom. The van der Waals surface area contributed by atoms with Crippen LogP contribution in [0.2, 0.25) is 5.02 Å². The van der Waals surface area contributed by atoms with E-state index in [-0.39, 0.29) is 0 Å². The molecule has 2 aliphatic rings. The summed E-state index contributed by atoms with van der Waals surface area (Å²) in [6.07, 6.45) is 5.92. The molecule has 4 atom stereocenters. The van der Waals surface area contributed by atoms with Gasteiger partial charge in [-0.2, -0.15) is 0 Å². The fourth-order valence-electron chi connectivity index (χ4n) is 3.94. The second-order valence-corrected chi connectivity index (χ2v) is 6.57. The summed E-state index contributed by atoms with van der Waals surface area (Å²) in [5.74, 6) is 2.96. The number of benzene rings is 1. The third-order valence-corrected chi connectivity index (χ3v) is 5.23. The molecule has 0 saturated heterocycles. The van der Waals surface area contributed by atoms with Crippen molar-refractivity contribution in [2.75, 3.05) is 0 Å². The molecule has 0 aliphatic heterocycles. The highest BCUT2D eigenvalue weighted by molar-refractivity contribution is 6.30.